The highest BCUT2D eigenvalue weighted by molar-refractivity contribution is 6.17. The van der Waals surface area contributed by atoms with E-state index < -0.39 is 0 Å². The third-order valence-corrected chi connectivity index (χ3v) is 5.70. The van der Waals surface area contributed by atoms with Crippen molar-refractivity contribution in [3.05, 3.63) is 30.3 Å². The van der Waals surface area contributed by atoms with Crippen LogP contribution in [-0.2, 0) is 0 Å². The van der Waals surface area contributed by atoms with Crippen molar-refractivity contribution in [1.82, 2.24) is 0 Å². The van der Waals surface area contributed by atoms with Crippen LogP contribution in [0.3, 0.4) is 0 Å². The molecule has 2 rings (SSSR count). The number of fused-ring (bicyclic) bond motifs is 1. The van der Waals surface area contributed by atoms with E-state index in [2.05, 4.69) is 26.0 Å². The summed E-state index contributed by atoms with van der Waals surface area (Å²) in [5, 5.41) is 2.12. The lowest BCUT2D eigenvalue weighted by Crippen LogP contribution is -2.12. The first-order chi connectivity index (χ1) is 14.2. The molecule has 0 radical (unpaired) electrons. The minimum absolute atomic E-state index is 0.572. The van der Waals surface area contributed by atoms with Gasteiger partial charge in [0.2, 0.25) is 0 Å². The van der Waals surface area contributed by atoms with Gasteiger partial charge in [-0.25, -0.2) is 0 Å². The van der Waals surface area contributed by atoms with Crippen molar-refractivity contribution < 1.29 is 14.2 Å². The first kappa shape index (κ1) is 23.7. The number of hydrogen-bond acceptors (Lipinski definition) is 3. The molecular formula is C25H37ClO3. The second-order valence-electron chi connectivity index (χ2n) is 7.63. The van der Waals surface area contributed by atoms with E-state index in [-0.39, 0.29) is 0 Å². The summed E-state index contributed by atoms with van der Waals surface area (Å²) in [6.07, 6.45) is 9.20. The Bertz CT molecular complexity index is 717. The maximum absolute atomic E-state index is 6.32. The Kier molecular flexibility index (Phi) is 11.1. The molecule has 0 saturated heterocycles. The number of alkyl halides is 1. The van der Waals surface area contributed by atoms with E-state index in [1.54, 1.807) is 7.11 Å². The van der Waals surface area contributed by atoms with Crippen LogP contribution < -0.4 is 14.2 Å². The van der Waals surface area contributed by atoms with Crippen LogP contribution in [0.25, 0.3) is 10.8 Å². The van der Waals surface area contributed by atoms with Crippen LogP contribution in [0.1, 0.15) is 65.2 Å². The Hall–Kier alpha value is -1.61. The monoisotopic (exact) mass is 420 g/mol. The first-order valence-electron chi connectivity index (χ1n) is 11.2. The van der Waals surface area contributed by atoms with Gasteiger partial charge < -0.3 is 14.2 Å². The number of rotatable bonds is 15. The molecule has 3 nitrogen and oxygen atoms in total. The van der Waals surface area contributed by atoms with Crippen LogP contribution in [0.2, 0.25) is 0 Å². The second-order valence-corrected chi connectivity index (χ2v) is 8.01. The number of unbranched alkanes of at least 4 members (excludes halogenated alkanes) is 4. The van der Waals surface area contributed by atoms with Crippen LogP contribution >= 0.6 is 11.6 Å². The van der Waals surface area contributed by atoms with Gasteiger partial charge >= 0.3 is 0 Å². The number of ether oxygens (including phenoxy) is 3. The normalized spacial score (nSPS) is 12.1. The van der Waals surface area contributed by atoms with Crippen LogP contribution in [0, 0.1) is 5.92 Å². The quantitative estimate of drug-likeness (QED) is 0.219. The maximum atomic E-state index is 6.32. The van der Waals surface area contributed by atoms with Crippen molar-refractivity contribution >= 4 is 22.4 Å². The van der Waals surface area contributed by atoms with Crippen LogP contribution in [0.5, 0.6) is 17.2 Å². The summed E-state index contributed by atoms with van der Waals surface area (Å²) in [4.78, 5) is 0. The molecule has 0 heterocycles. The molecule has 0 bridgehead atoms. The first-order valence-corrected chi connectivity index (χ1v) is 11.7. The van der Waals surface area contributed by atoms with Gasteiger partial charge in [0.25, 0.3) is 0 Å². The Morgan fingerprint density at radius 3 is 2.34 bits per heavy atom. The Morgan fingerprint density at radius 1 is 0.897 bits per heavy atom. The average molecular weight is 421 g/mol. The van der Waals surface area contributed by atoms with E-state index in [1.165, 1.54) is 19.3 Å². The lowest BCUT2D eigenvalue weighted by atomic mass is 10.0. The summed E-state index contributed by atoms with van der Waals surface area (Å²) >= 11 is 5.75. The van der Waals surface area contributed by atoms with Crippen molar-refractivity contribution in [3.8, 4) is 17.2 Å². The molecular weight excluding hydrogens is 384 g/mol. The predicted octanol–water partition coefficient (Wildman–Crippen LogP) is 7.62. The molecule has 2 aromatic rings. The van der Waals surface area contributed by atoms with Crippen LogP contribution in [0.4, 0.5) is 0 Å². The zero-order valence-electron chi connectivity index (χ0n) is 18.3. The van der Waals surface area contributed by atoms with Gasteiger partial charge in [0.1, 0.15) is 5.75 Å². The zero-order chi connectivity index (χ0) is 20.9. The minimum atomic E-state index is 0.572. The van der Waals surface area contributed by atoms with Crippen LogP contribution in [0.15, 0.2) is 30.3 Å². The van der Waals surface area contributed by atoms with Crippen molar-refractivity contribution in [3.63, 3.8) is 0 Å². The van der Waals surface area contributed by atoms with Gasteiger partial charge in [-0.3, -0.25) is 0 Å². The zero-order valence-corrected chi connectivity index (χ0v) is 19.1. The van der Waals surface area contributed by atoms with E-state index in [0.29, 0.717) is 12.5 Å². The van der Waals surface area contributed by atoms with E-state index in [1.807, 2.05) is 18.2 Å². The smallest absolute Gasteiger partial charge is 0.169 e. The SMILES string of the molecule is CCCCC(CC)COc1c(OC)cc(OCCCCCCCl)c2ccccc12. The van der Waals surface area contributed by atoms with Gasteiger partial charge in [0.15, 0.2) is 11.5 Å². The average Bonchev–Trinajstić information content (AvgIpc) is 2.76. The Morgan fingerprint density at radius 2 is 1.66 bits per heavy atom. The summed E-state index contributed by atoms with van der Waals surface area (Å²) in [5.41, 5.74) is 0. The van der Waals surface area contributed by atoms with Gasteiger partial charge in [-0.15, -0.1) is 11.6 Å². The molecule has 0 aliphatic carbocycles. The number of halogens is 1. The summed E-state index contributed by atoms with van der Waals surface area (Å²) in [6, 6.07) is 10.2. The lowest BCUT2D eigenvalue weighted by Gasteiger charge is -2.20. The standard InChI is InChI=1S/C25H37ClO3/c1-4-6-13-20(5-2)19-29-25-22-15-10-9-14-21(22)23(18-24(25)27-3)28-17-12-8-7-11-16-26/h9-10,14-15,18,20H,4-8,11-13,16-17,19H2,1-3H3. The third-order valence-electron chi connectivity index (χ3n) is 5.44. The number of methoxy groups -OCH3 is 1. The third kappa shape index (κ3) is 7.29. The highest BCUT2D eigenvalue weighted by Gasteiger charge is 2.16. The fraction of sp³-hybridized carbons (Fsp3) is 0.600. The molecule has 29 heavy (non-hydrogen) atoms. The topological polar surface area (TPSA) is 27.7 Å². The summed E-state index contributed by atoms with van der Waals surface area (Å²) in [5.74, 6) is 3.74. The van der Waals surface area contributed by atoms with E-state index in [0.717, 1.165) is 72.6 Å². The van der Waals surface area contributed by atoms with Crippen molar-refractivity contribution in [2.45, 2.75) is 65.2 Å². The molecule has 1 atom stereocenters. The summed E-state index contributed by atoms with van der Waals surface area (Å²) < 4.78 is 18.1. The molecule has 1 unspecified atom stereocenters. The van der Waals surface area contributed by atoms with Gasteiger partial charge in [-0.05, 0) is 25.2 Å². The molecule has 4 heteroatoms. The molecule has 0 N–H and O–H groups in total. The number of hydrogen-bond donors (Lipinski definition) is 0. The molecule has 0 aliphatic heterocycles. The molecule has 2 aromatic carbocycles. The minimum Gasteiger partial charge on any atom is -0.493 e. The molecule has 0 spiro atoms. The van der Waals surface area contributed by atoms with Crippen molar-refractivity contribution in [2.75, 3.05) is 26.2 Å². The van der Waals surface area contributed by atoms with E-state index in [9.17, 15) is 0 Å². The van der Waals surface area contributed by atoms with E-state index in [4.69, 9.17) is 25.8 Å². The molecule has 0 amide bonds. The van der Waals surface area contributed by atoms with Gasteiger partial charge in [-0.1, -0.05) is 70.2 Å². The number of benzene rings is 2. The van der Waals surface area contributed by atoms with Crippen molar-refractivity contribution in [2.24, 2.45) is 5.92 Å². The fourth-order valence-corrected chi connectivity index (χ4v) is 3.73. The highest BCUT2D eigenvalue weighted by atomic mass is 35.5. The maximum Gasteiger partial charge on any atom is 0.169 e. The van der Waals surface area contributed by atoms with Gasteiger partial charge in [0, 0.05) is 22.7 Å². The molecule has 0 fully saturated rings. The molecule has 0 aromatic heterocycles. The highest BCUT2D eigenvalue weighted by Crippen LogP contribution is 2.42. The summed E-state index contributed by atoms with van der Waals surface area (Å²) in [7, 11) is 1.70. The molecule has 0 aliphatic rings. The molecule has 0 saturated carbocycles. The Labute approximate surface area is 181 Å². The second kappa shape index (κ2) is 13.6. The molecule has 162 valence electrons. The predicted molar refractivity (Wildman–Crippen MR) is 124 cm³/mol. The summed E-state index contributed by atoms with van der Waals surface area (Å²) in [6.45, 7) is 5.89. The fourth-order valence-electron chi connectivity index (χ4n) is 3.54. The van der Waals surface area contributed by atoms with Gasteiger partial charge in [-0.2, -0.15) is 0 Å². The lowest BCUT2D eigenvalue weighted by molar-refractivity contribution is 0.226. The Balaban J connectivity index is 2.15. The van der Waals surface area contributed by atoms with Gasteiger partial charge in [0.05, 0.1) is 20.3 Å². The largest absolute Gasteiger partial charge is 0.493 e. The van der Waals surface area contributed by atoms with Crippen molar-refractivity contribution in [1.29, 1.82) is 0 Å². The van der Waals surface area contributed by atoms with Crippen LogP contribution in [-0.4, -0.2) is 26.2 Å². The van der Waals surface area contributed by atoms with E-state index >= 15 is 0 Å².